The Kier molecular flexibility index (Phi) is 4.55. The van der Waals surface area contributed by atoms with E-state index in [1.165, 1.54) is 5.56 Å². The molecule has 2 rings (SSSR count). The Morgan fingerprint density at radius 1 is 1.56 bits per heavy atom. The first kappa shape index (κ1) is 13.3. The van der Waals surface area contributed by atoms with Crippen LogP contribution in [0.5, 0.6) is 0 Å². The molecule has 1 fully saturated rings. The molecular formula is C14H23N3O. The number of anilines is 1. The summed E-state index contributed by atoms with van der Waals surface area (Å²) in [7, 11) is 2.17. The molecule has 1 N–H and O–H groups in total. The molecule has 2 atom stereocenters. The molecule has 0 bridgehead atoms. The van der Waals surface area contributed by atoms with Crippen molar-refractivity contribution in [2.24, 2.45) is 0 Å². The summed E-state index contributed by atoms with van der Waals surface area (Å²) < 4.78 is 5.63. The van der Waals surface area contributed by atoms with Crippen LogP contribution in [0.4, 0.5) is 5.82 Å². The second-order valence-electron chi connectivity index (χ2n) is 4.89. The molecule has 0 spiro atoms. The minimum absolute atomic E-state index is 0.328. The van der Waals surface area contributed by atoms with Crippen molar-refractivity contribution in [3.63, 3.8) is 0 Å². The number of likely N-dealkylation sites (N-methyl/N-ethyl adjacent to an activating group) is 1. The number of ether oxygens (including phenoxy) is 1. The van der Waals surface area contributed by atoms with Crippen LogP contribution in [0.25, 0.3) is 0 Å². The van der Waals surface area contributed by atoms with E-state index in [9.17, 15) is 0 Å². The third kappa shape index (κ3) is 3.00. The molecule has 1 aromatic rings. The van der Waals surface area contributed by atoms with Gasteiger partial charge in [0.15, 0.2) is 0 Å². The summed E-state index contributed by atoms with van der Waals surface area (Å²) in [5, 5.41) is 3.31. The highest BCUT2D eigenvalue weighted by atomic mass is 16.5. The second kappa shape index (κ2) is 6.16. The number of nitrogens with one attached hydrogen (secondary N) is 1. The molecular weight excluding hydrogens is 226 g/mol. The molecule has 2 unspecified atom stereocenters. The predicted molar refractivity (Wildman–Crippen MR) is 73.7 cm³/mol. The van der Waals surface area contributed by atoms with Gasteiger partial charge in [0.25, 0.3) is 0 Å². The molecule has 1 aliphatic heterocycles. The normalized spacial score (nSPS) is 23.6. The summed E-state index contributed by atoms with van der Waals surface area (Å²) in [5.41, 5.74) is 1.25. The lowest BCUT2D eigenvalue weighted by Crippen LogP contribution is -2.36. The quantitative estimate of drug-likeness (QED) is 0.867. The van der Waals surface area contributed by atoms with Crippen molar-refractivity contribution in [1.29, 1.82) is 0 Å². The van der Waals surface area contributed by atoms with E-state index in [-0.39, 0.29) is 0 Å². The number of hydrogen-bond donors (Lipinski definition) is 1. The second-order valence-corrected chi connectivity index (χ2v) is 4.89. The Balaban J connectivity index is 2.04. The van der Waals surface area contributed by atoms with Crippen LogP contribution >= 0.6 is 0 Å². The van der Waals surface area contributed by atoms with Crippen LogP contribution in [-0.4, -0.2) is 42.2 Å². The highest BCUT2D eigenvalue weighted by Gasteiger charge is 2.28. The van der Waals surface area contributed by atoms with Crippen LogP contribution in [0.2, 0.25) is 0 Å². The fourth-order valence-corrected chi connectivity index (χ4v) is 2.58. The first-order valence-electron chi connectivity index (χ1n) is 6.72. The fourth-order valence-electron chi connectivity index (χ4n) is 2.58. The van der Waals surface area contributed by atoms with Gasteiger partial charge in [-0.3, -0.25) is 4.90 Å². The van der Waals surface area contributed by atoms with Gasteiger partial charge in [-0.1, -0.05) is 6.07 Å². The van der Waals surface area contributed by atoms with Crippen LogP contribution in [0.1, 0.15) is 25.8 Å². The van der Waals surface area contributed by atoms with Crippen molar-refractivity contribution in [2.75, 3.05) is 25.5 Å². The molecule has 0 saturated carbocycles. The van der Waals surface area contributed by atoms with E-state index in [4.69, 9.17) is 4.74 Å². The highest BCUT2D eigenvalue weighted by molar-refractivity contribution is 5.43. The summed E-state index contributed by atoms with van der Waals surface area (Å²) in [4.78, 5) is 6.77. The molecule has 0 radical (unpaired) electrons. The number of hydrogen-bond acceptors (Lipinski definition) is 4. The van der Waals surface area contributed by atoms with E-state index in [1.807, 2.05) is 12.3 Å². The van der Waals surface area contributed by atoms with Crippen LogP contribution < -0.4 is 5.32 Å². The van der Waals surface area contributed by atoms with Crippen LogP contribution in [0.3, 0.4) is 0 Å². The van der Waals surface area contributed by atoms with Crippen molar-refractivity contribution in [2.45, 2.75) is 39.0 Å². The van der Waals surface area contributed by atoms with Crippen LogP contribution in [-0.2, 0) is 11.3 Å². The van der Waals surface area contributed by atoms with Gasteiger partial charge in [0.2, 0.25) is 0 Å². The van der Waals surface area contributed by atoms with E-state index in [2.05, 4.69) is 42.2 Å². The molecule has 1 saturated heterocycles. The van der Waals surface area contributed by atoms with E-state index in [1.54, 1.807) is 0 Å². The largest absolute Gasteiger partial charge is 0.377 e. The Bertz CT molecular complexity index is 383. The third-order valence-electron chi connectivity index (χ3n) is 3.56. The minimum Gasteiger partial charge on any atom is -0.377 e. The SMILES string of the molecule is CCNc1ncccc1CN(C)C1CCOC1C. The fraction of sp³-hybridized carbons (Fsp3) is 0.643. The van der Waals surface area contributed by atoms with Gasteiger partial charge >= 0.3 is 0 Å². The lowest BCUT2D eigenvalue weighted by Gasteiger charge is -2.27. The molecule has 2 heterocycles. The van der Waals surface area contributed by atoms with Gasteiger partial charge in [0.1, 0.15) is 5.82 Å². The van der Waals surface area contributed by atoms with Crippen LogP contribution in [0.15, 0.2) is 18.3 Å². The summed E-state index contributed by atoms with van der Waals surface area (Å²) in [6.45, 7) is 6.94. The van der Waals surface area contributed by atoms with Crippen molar-refractivity contribution in [1.82, 2.24) is 9.88 Å². The van der Waals surface area contributed by atoms with Gasteiger partial charge in [-0.15, -0.1) is 0 Å². The lowest BCUT2D eigenvalue weighted by molar-refractivity contribution is 0.0814. The number of rotatable bonds is 5. The molecule has 4 nitrogen and oxygen atoms in total. The number of pyridine rings is 1. The first-order chi connectivity index (χ1) is 8.72. The Labute approximate surface area is 109 Å². The smallest absolute Gasteiger partial charge is 0.130 e. The molecule has 18 heavy (non-hydrogen) atoms. The highest BCUT2D eigenvalue weighted by Crippen LogP contribution is 2.21. The van der Waals surface area contributed by atoms with Crippen LogP contribution in [0, 0.1) is 0 Å². The monoisotopic (exact) mass is 249 g/mol. The summed E-state index contributed by atoms with van der Waals surface area (Å²) >= 11 is 0. The Hall–Kier alpha value is -1.13. The average molecular weight is 249 g/mol. The molecule has 1 aromatic heterocycles. The molecule has 0 aromatic carbocycles. The standard InChI is InChI=1S/C14H23N3O/c1-4-15-14-12(6-5-8-16-14)10-17(3)13-7-9-18-11(13)2/h5-6,8,11,13H,4,7,9-10H2,1-3H3,(H,15,16). The van der Waals surface area contributed by atoms with E-state index in [0.717, 1.165) is 31.9 Å². The Morgan fingerprint density at radius 3 is 3.06 bits per heavy atom. The van der Waals surface area contributed by atoms with Gasteiger partial charge in [-0.2, -0.15) is 0 Å². The predicted octanol–water partition coefficient (Wildman–Crippen LogP) is 2.12. The molecule has 1 aliphatic rings. The number of nitrogens with zero attached hydrogens (tertiary/aromatic N) is 2. The summed E-state index contributed by atoms with van der Waals surface area (Å²) in [5.74, 6) is 0.999. The van der Waals surface area contributed by atoms with Crippen molar-refractivity contribution >= 4 is 5.82 Å². The lowest BCUT2D eigenvalue weighted by atomic mass is 10.1. The van der Waals surface area contributed by atoms with Crippen molar-refractivity contribution < 1.29 is 4.74 Å². The zero-order chi connectivity index (χ0) is 13.0. The maximum Gasteiger partial charge on any atom is 0.130 e. The average Bonchev–Trinajstić information content (AvgIpc) is 2.78. The summed E-state index contributed by atoms with van der Waals surface area (Å²) in [6, 6.07) is 4.65. The molecule has 0 amide bonds. The van der Waals surface area contributed by atoms with Gasteiger partial charge in [-0.25, -0.2) is 4.98 Å². The molecule has 4 heteroatoms. The summed E-state index contributed by atoms with van der Waals surface area (Å²) in [6.07, 6.45) is 3.28. The zero-order valence-corrected chi connectivity index (χ0v) is 11.5. The zero-order valence-electron chi connectivity index (χ0n) is 11.5. The van der Waals surface area contributed by atoms with Crippen molar-refractivity contribution in [3.8, 4) is 0 Å². The Morgan fingerprint density at radius 2 is 2.39 bits per heavy atom. The van der Waals surface area contributed by atoms with Gasteiger partial charge in [0, 0.05) is 37.5 Å². The topological polar surface area (TPSA) is 37.4 Å². The first-order valence-corrected chi connectivity index (χ1v) is 6.72. The van der Waals surface area contributed by atoms with Gasteiger partial charge in [0.05, 0.1) is 6.10 Å². The van der Waals surface area contributed by atoms with Gasteiger partial charge in [-0.05, 0) is 33.4 Å². The minimum atomic E-state index is 0.328. The number of aromatic nitrogens is 1. The molecule has 0 aliphatic carbocycles. The maximum atomic E-state index is 5.63. The maximum absolute atomic E-state index is 5.63. The molecule has 100 valence electrons. The van der Waals surface area contributed by atoms with E-state index in [0.29, 0.717) is 12.1 Å². The van der Waals surface area contributed by atoms with E-state index < -0.39 is 0 Å². The third-order valence-corrected chi connectivity index (χ3v) is 3.56. The van der Waals surface area contributed by atoms with Crippen molar-refractivity contribution in [3.05, 3.63) is 23.9 Å². The van der Waals surface area contributed by atoms with Gasteiger partial charge < -0.3 is 10.1 Å². The van der Waals surface area contributed by atoms with E-state index >= 15 is 0 Å².